The lowest BCUT2D eigenvalue weighted by Gasteiger charge is -2.27. The Morgan fingerprint density at radius 2 is 2.21 bits per heavy atom. The lowest BCUT2D eigenvalue weighted by atomic mass is 10.1. The number of imide groups is 1. The van der Waals surface area contributed by atoms with Crippen molar-refractivity contribution >= 4 is 46.4 Å². The van der Waals surface area contributed by atoms with Gasteiger partial charge in [0.2, 0.25) is 0 Å². The SMILES string of the molecule is CN1CCSc2cc(/C=C3\SC(=O)NC3=O)ccc21. The third-order valence-corrected chi connectivity index (χ3v) is 4.85. The maximum Gasteiger partial charge on any atom is 0.290 e. The van der Waals surface area contributed by atoms with Crippen molar-refractivity contribution in [2.75, 3.05) is 24.2 Å². The Hall–Kier alpha value is -1.40. The van der Waals surface area contributed by atoms with Crippen LogP contribution in [0.1, 0.15) is 5.56 Å². The van der Waals surface area contributed by atoms with Crippen LogP contribution in [0.5, 0.6) is 0 Å². The van der Waals surface area contributed by atoms with Crippen LogP contribution in [0.3, 0.4) is 0 Å². The molecule has 1 fully saturated rings. The summed E-state index contributed by atoms with van der Waals surface area (Å²) in [5, 5.41) is 1.96. The molecule has 0 unspecified atom stereocenters. The highest BCUT2D eigenvalue weighted by atomic mass is 32.2. The van der Waals surface area contributed by atoms with E-state index in [9.17, 15) is 9.59 Å². The van der Waals surface area contributed by atoms with Crippen LogP contribution in [0.2, 0.25) is 0 Å². The minimum absolute atomic E-state index is 0.302. The number of nitrogens with zero attached hydrogens (tertiary/aromatic N) is 1. The number of amides is 2. The third kappa shape index (κ3) is 2.50. The van der Waals surface area contributed by atoms with Crippen molar-refractivity contribution < 1.29 is 9.59 Å². The van der Waals surface area contributed by atoms with Gasteiger partial charge in [-0.25, -0.2) is 0 Å². The van der Waals surface area contributed by atoms with E-state index in [-0.39, 0.29) is 11.1 Å². The van der Waals surface area contributed by atoms with Gasteiger partial charge in [0.1, 0.15) is 0 Å². The predicted molar refractivity (Wildman–Crippen MR) is 79.5 cm³/mol. The van der Waals surface area contributed by atoms with Crippen molar-refractivity contribution in [3.8, 4) is 0 Å². The molecule has 0 bridgehead atoms. The third-order valence-electron chi connectivity index (χ3n) is 3.02. The van der Waals surface area contributed by atoms with E-state index in [2.05, 4.69) is 29.4 Å². The summed E-state index contributed by atoms with van der Waals surface area (Å²) in [6.07, 6.45) is 1.76. The van der Waals surface area contributed by atoms with E-state index < -0.39 is 0 Å². The summed E-state index contributed by atoms with van der Waals surface area (Å²) in [6.45, 7) is 1.05. The minimum atomic E-state index is -0.308. The topological polar surface area (TPSA) is 49.4 Å². The second kappa shape index (κ2) is 4.94. The molecule has 3 rings (SSSR count). The minimum Gasteiger partial charge on any atom is -0.373 e. The highest BCUT2D eigenvalue weighted by Gasteiger charge is 2.25. The molecule has 0 saturated carbocycles. The lowest BCUT2D eigenvalue weighted by molar-refractivity contribution is -0.115. The fourth-order valence-corrected chi connectivity index (χ4v) is 3.90. The first-order valence-corrected chi connectivity index (χ1v) is 7.66. The molecule has 2 aliphatic rings. The van der Waals surface area contributed by atoms with E-state index >= 15 is 0 Å². The fraction of sp³-hybridized carbons (Fsp3) is 0.231. The monoisotopic (exact) mass is 292 g/mol. The number of nitrogens with one attached hydrogen (secondary N) is 1. The summed E-state index contributed by atoms with van der Waals surface area (Å²) in [6, 6.07) is 6.11. The van der Waals surface area contributed by atoms with Crippen molar-refractivity contribution in [1.82, 2.24) is 5.32 Å². The molecule has 0 spiro atoms. The standard InChI is InChI=1S/C13H12N2O2S2/c1-15-4-5-18-10-6-8(2-3-9(10)15)7-11-12(16)14-13(17)19-11/h2-3,6-7H,4-5H2,1H3,(H,14,16,17)/b11-7-. The van der Waals surface area contributed by atoms with Crippen LogP contribution < -0.4 is 10.2 Å². The van der Waals surface area contributed by atoms with Gasteiger partial charge in [0.15, 0.2) is 0 Å². The van der Waals surface area contributed by atoms with Gasteiger partial charge in [-0.2, -0.15) is 0 Å². The van der Waals surface area contributed by atoms with Crippen molar-refractivity contribution in [2.24, 2.45) is 0 Å². The summed E-state index contributed by atoms with van der Waals surface area (Å²) in [5.41, 5.74) is 2.17. The molecule has 1 aromatic carbocycles. The molecule has 1 N–H and O–H groups in total. The summed E-state index contributed by atoms with van der Waals surface area (Å²) in [4.78, 5) is 26.5. The van der Waals surface area contributed by atoms with E-state index in [0.717, 1.165) is 29.6 Å². The molecule has 2 heterocycles. The molecule has 0 aliphatic carbocycles. The molecule has 1 aromatic rings. The molecule has 2 aliphatic heterocycles. The first kappa shape index (κ1) is 12.6. The van der Waals surface area contributed by atoms with Gasteiger partial charge in [-0.15, -0.1) is 11.8 Å². The maximum absolute atomic E-state index is 11.5. The summed E-state index contributed by atoms with van der Waals surface area (Å²) in [7, 11) is 2.08. The molecule has 2 amide bonds. The molecule has 0 radical (unpaired) electrons. The number of hydrogen-bond acceptors (Lipinski definition) is 5. The Bertz CT molecular complexity index is 598. The molecular formula is C13H12N2O2S2. The second-order valence-electron chi connectivity index (χ2n) is 4.35. The number of thioether (sulfide) groups is 2. The average Bonchev–Trinajstić information content (AvgIpc) is 2.68. The van der Waals surface area contributed by atoms with Crippen LogP contribution in [-0.4, -0.2) is 30.5 Å². The van der Waals surface area contributed by atoms with Crippen LogP contribution in [0.15, 0.2) is 28.0 Å². The maximum atomic E-state index is 11.5. The molecule has 1 saturated heterocycles. The van der Waals surface area contributed by atoms with Crippen LogP contribution in [0.25, 0.3) is 6.08 Å². The largest absolute Gasteiger partial charge is 0.373 e. The first-order valence-electron chi connectivity index (χ1n) is 5.86. The van der Waals surface area contributed by atoms with Crippen LogP contribution in [-0.2, 0) is 4.79 Å². The number of carbonyl (C=O) groups is 2. The smallest absolute Gasteiger partial charge is 0.290 e. The quantitative estimate of drug-likeness (QED) is 0.806. The van der Waals surface area contributed by atoms with E-state index in [1.807, 2.05) is 17.8 Å². The van der Waals surface area contributed by atoms with Gasteiger partial charge < -0.3 is 4.90 Å². The fourth-order valence-electron chi connectivity index (χ4n) is 2.04. The molecule has 19 heavy (non-hydrogen) atoms. The summed E-state index contributed by atoms with van der Waals surface area (Å²) < 4.78 is 0. The second-order valence-corrected chi connectivity index (χ2v) is 6.50. The van der Waals surface area contributed by atoms with Gasteiger partial charge in [-0.3, -0.25) is 14.9 Å². The highest BCUT2D eigenvalue weighted by molar-refractivity contribution is 8.18. The Morgan fingerprint density at radius 3 is 2.95 bits per heavy atom. The van der Waals surface area contributed by atoms with Crippen molar-refractivity contribution in [1.29, 1.82) is 0 Å². The zero-order valence-corrected chi connectivity index (χ0v) is 11.9. The number of rotatable bonds is 1. The van der Waals surface area contributed by atoms with E-state index in [0.29, 0.717) is 4.91 Å². The van der Waals surface area contributed by atoms with Crippen LogP contribution >= 0.6 is 23.5 Å². The van der Waals surface area contributed by atoms with Crippen LogP contribution in [0, 0.1) is 0 Å². The van der Waals surface area contributed by atoms with Gasteiger partial charge in [-0.05, 0) is 35.5 Å². The Morgan fingerprint density at radius 1 is 1.37 bits per heavy atom. The number of anilines is 1. The summed E-state index contributed by atoms with van der Waals surface area (Å²) in [5.74, 6) is 0.759. The van der Waals surface area contributed by atoms with Crippen LogP contribution in [0.4, 0.5) is 10.5 Å². The Kier molecular flexibility index (Phi) is 3.28. The normalized spacial score (nSPS) is 20.7. The Balaban J connectivity index is 1.93. The molecular weight excluding hydrogens is 280 g/mol. The zero-order valence-electron chi connectivity index (χ0n) is 10.3. The molecule has 4 nitrogen and oxygen atoms in total. The molecule has 0 aromatic heterocycles. The van der Waals surface area contributed by atoms with E-state index in [1.165, 1.54) is 10.6 Å². The zero-order chi connectivity index (χ0) is 13.4. The molecule has 98 valence electrons. The van der Waals surface area contributed by atoms with Crippen molar-refractivity contribution in [3.63, 3.8) is 0 Å². The van der Waals surface area contributed by atoms with Gasteiger partial charge in [0, 0.05) is 24.2 Å². The lowest BCUT2D eigenvalue weighted by Crippen LogP contribution is -2.24. The summed E-state index contributed by atoms with van der Waals surface area (Å²) >= 11 is 2.77. The number of hydrogen-bond donors (Lipinski definition) is 1. The van der Waals surface area contributed by atoms with Gasteiger partial charge >= 0.3 is 0 Å². The first-order chi connectivity index (χ1) is 9.13. The van der Waals surface area contributed by atoms with E-state index in [1.54, 1.807) is 6.08 Å². The highest BCUT2D eigenvalue weighted by Crippen LogP contribution is 2.35. The molecule has 0 atom stereocenters. The van der Waals surface area contributed by atoms with Crippen molar-refractivity contribution in [3.05, 3.63) is 28.7 Å². The number of carbonyl (C=O) groups excluding carboxylic acids is 2. The molecule has 6 heteroatoms. The van der Waals surface area contributed by atoms with Gasteiger partial charge in [-0.1, -0.05) is 6.07 Å². The Labute approximate surface area is 119 Å². The van der Waals surface area contributed by atoms with Gasteiger partial charge in [0.25, 0.3) is 11.1 Å². The number of benzene rings is 1. The van der Waals surface area contributed by atoms with Gasteiger partial charge in [0.05, 0.1) is 10.6 Å². The van der Waals surface area contributed by atoms with E-state index in [4.69, 9.17) is 0 Å². The average molecular weight is 292 g/mol. The van der Waals surface area contributed by atoms with Crippen molar-refractivity contribution in [2.45, 2.75) is 4.90 Å². The number of fused-ring (bicyclic) bond motifs is 1. The predicted octanol–water partition coefficient (Wildman–Crippen LogP) is 2.55.